The number of carbonyl (C=O) groups is 2. The Bertz CT molecular complexity index is 1030. The standard InChI is InChI=1S/C21H17BrFNO5/c1-3-18(25)28-19-14(22)9-12(11-17(19)27-4-2)10-16-21(26)29-20(24-16)13-7-5-6-8-15(13)23/h5-11H,3-4H2,1-2H3/b16-10-. The van der Waals surface area contributed by atoms with Gasteiger partial charge in [-0.05, 0) is 58.8 Å². The average Bonchev–Trinajstić information content (AvgIpc) is 3.05. The third-order valence-corrected chi connectivity index (χ3v) is 4.45. The first-order valence-electron chi connectivity index (χ1n) is 8.87. The smallest absolute Gasteiger partial charge is 0.363 e. The second-order valence-electron chi connectivity index (χ2n) is 5.91. The van der Waals surface area contributed by atoms with Crippen LogP contribution in [-0.2, 0) is 14.3 Å². The molecule has 1 aliphatic rings. The number of aliphatic imine (C=N–C) groups is 1. The summed E-state index contributed by atoms with van der Waals surface area (Å²) >= 11 is 3.36. The van der Waals surface area contributed by atoms with Crippen molar-refractivity contribution in [3.8, 4) is 11.5 Å². The van der Waals surface area contributed by atoms with Gasteiger partial charge in [0.2, 0.25) is 5.90 Å². The number of ether oxygens (including phenoxy) is 3. The van der Waals surface area contributed by atoms with Gasteiger partial charge in [0, 0.05) is 6.42 Å². The molecule has 150 valence electrons. The number of cyclic esters (lactones) is 1. The maximum Gasteiger partial charge on any atom is 0.363 e. The van der Waals surface area contributed by atoms with Crippen LogP contribution in [0.5, 0.6) is 11.5 Å². The lowest BCUT2D eigenvalue weighted by atomic mass is 10.1. The lowest BCUT2D eigenvalue weighted by molar-refractivity contribution is -0.134. The summed E-state index contributed by atoms with van der Waals surface area (Å²) in [6.45, 7) is 3.83. The van der Waals surface area contributed by atoms with Crippen LogP contribution in [0.15, 0.2) is 51.6 Å². The third-order valence-electron chi connectivity index (χ3n) is 3.86. The number of hydrogen-bond acceptors (Lipinski definition) is 6. The van der Waals surface area contributed by atoms with Crippen molar-refractivity contribution in [3.63, 3.8) is 0 Å². The van der Waals surface area contributed by atoms with E-state index >= 15 is 0 Å². The highest BCUT2D eigenvalue weighted by molar-refractivity contribution is 9.10. The molecule has 0 saturated heterocycles. The number of benzene rings is 2. The summed E-state index contributed by atoms with van der Waals surface area (Å²) in [7, 11) is 0. The molecule has 2 aromatic rings. The molecule has 0 aromatic heterocycles. The van der Waals surface area contributed by atoms with Gasteiger partial charge in [0.25, 0.3) is 0 Å². The Morgan fingerprint density at radius 2 is 2.03 bits per heavy atom. The van der Waals surface area contributed by atoms with Crippen molar-refractivity contribution in [2.75, 3.05) is 6.61 Å². The maximum atomic E-state index is 13.9. The molecule has 2 aromatic carbocycles. The lowest BCUT2D eigenvalue weighted by Gasteiger charge is -2.13. The molecular weight excluding hydrogens is 445 g/mol. The topological polar surface area (TPSA) is 74.2 Å². The molecule has 0 saturated carbocycles. The fourth-order valence-electron chi connectivity index (χ4n) is 2.54. The highest BCUT2D eigenvalue weighted by atomic mass is 79.9. The fourth-order valence-corrected chi connectivity index (χ4v) is 3.08. The SMILES string of the molecule is CCOc1cc(/C=C2\N=C(c3ccccc3F)OC2=O)cc(Br)c1OC(=O)CC. The molecule has 29 heavy (non-hydrogen) atoms. The zero-order valence-corrected chi connectivity index (χ0v) is 17.3. The molecule has 1 aliphatic heterocycles. The molecule has 0 bridgehead atoms. The monoisotopic (exact) mass is 461 g/mol. The first-order chi connectivity index (χ1) is 13.9. The summed E-state index contributed by atoms with van der Waals surface area (Å²) in [5, 5.41) is 0. The molecule has 0 unspecified atom stereocenters. The summed E-state index contributed by atoms with van der Waals surface area (Å²) in [6, 6.07) is 9.16. The van der Waals surface area contributed by atoms with Crippen LogP contribution in [0.3, 0.4) is 0 Å². The van der Waals surface area contributed by atoms with Crippen LogP contribution in [0.2, 0.25) is 0 Å². The van der Waals surface area contributed by atoms with Crippen LogP contribution in [-0.4, -0.2) is 24.4 Å². The molecule has 0 aliphatic carbocycles. The van der Waals surface area contributed by atoms with Crippen LogP contribution in [0.1, 0.15) is 31.4 Å². The Balaban J connectivity index is 1.98. The van der Waals surface area contributed by atoms with Crippen LogP contribution in [0, 0.1) is 5.82 Å². The van der Waals surface area contributed by atoms with Crippen LogP contribution in [0.4, 0.5) is 4.39 Å². The van der Waals surface area contributed by atoms with Gasteiger partial charge in [-0.3, -0.25) is 4.79 Å². The summed E-state index contributed by atoms with van der Waals surface area (Å²) in [5.74, 6) is -1.15. The minimum atomic E-state index is -0.696. The molecular formula is C21H17BrFNO5. The molecule has 6 nitrogen and oxygen atoms in total. The van der Waals surface area contributed by atoms with Gasteiger partial charge in [-0.1, -0.05) is 19.1 Å². The van der Waals surface area contributed by atoms with E-state index in [0.29, 0.717) is 22.4 Å². The minimum Gasteiger partial charge on any atom is -0.490 e. The van der Waals surface area contributed by atoms with Gasteiger partial charge >= 0.3 is 11.9 Å². The van der Waals surface area contributed by atoms with E-state index in [2.05, 4.69) is 20.9 Å². The minimum absolute atomic E-state index is 0.0101. The van der Waals surface area contributed by atoms with Gasteiger partial charge in [0.1, 0.15) is 5.82 Å². The first-order valence-corrected chi connectivity index (χ1v) is 9.66. The van der Waals surface area contributed by atoms with Crippen molar-refractivity contribution in [2.24, 2.45) is 4.99 Å². The molecule has 0 radical (unpaired) electrons. The van der Waals surface area contributed by atoms with Crippen LogP contribution >= 0.6 is 15.9 Å². The van der Waals surface area contributed by atoms with Gasteiger partial charge in [-0.15, -0.1) is 0 Å². The lowest BCUT2D eigenvalue weighted by Crippen LogP contribution is -2.08. The molecule has 0 N–H and O–H groups in total. The Kier molecular flexibility index (Phi) is 6.43. The quantitative estimate of drug-likeness (QED) is 0.355. The van der Waals surface area contributed by atoms with Crippen molar-refractivity contribution in [1.82, 2.24) is 0 Å². The van der Waals surface area contributed by atoms with E-state index in [0.717, 1.165) is 0 Å². The summed E-state index contributed by atoms with van der Waals surface area (Å²) in [4.78, 5) is 28.0. The van der Waals surface area contributed by atoms with Crippen LogP contribution < -0.4 is 9.47 Å². The van der Waals surface area contributed by atoms with E-state index in [-0.39, 0.29) is 29.3 Å². The zero-order valence-electron chi connectivity index (χ0n) is 15.7. The maximum absolute atomic E-state index is 13.9. The number of carbonyl (C=O) groups excluding carboxylic acids is 2. The average molecular weight is 462 g/mol. The summed E-state index contributed by atoms with van der Waals surface area (Å²) in [5.41, 5.74) is 0.667. The number of hydrogen-bond donors (Lipinski definition) is 0. The largest absolute Gasteiger partial charge is 0.490 e. The summed E-state index contributed by atoms with van der Waals surface area (Å²) < 4.78 is 30.4. The predicted molar refractivity (Wildman–Crippen MR) is 108 cm³/mol. The van der Waals surface area contributed by atoms with Crippen molar-refractivity contribution in [3.05, 3.63) is 63.5 Å². The van der Waals surface area contributed by atoms with E-state index in [1.165, 1.54) is 24.3 Å². The van der Waals surface area contributed by atoms with Crippen LogP contribution in [0.25, 0.3) is 6.08 Å². The predicted octanol–water partition coefficient (Wildman–Crippen LogP) is 4.65. The molecule has 0 atom stereocenters. The molecule has 1 heterocycles. The Morgan fingerprint density at radius 1 is 1.28 bits per heavy atom. The number of halogens is 2. The second kappa shape index (κ2) is 9.00. The Hall–Kier alpha value is -3.00. The van der Waals surface area contributed by atoms with Gasteiger partial charge in [0.15, 0.2) is 17.2 Å². The molecule has 0 fully saturated rings. The first kappa shape index (κ1) is 20.7. The van der Waals surface area contributed by atoms with Gasteiger partial charge in [-0.2, -0.15) is 0 Å². The molecule has 0 amide bonds. The van der Waals surface area contributed by atoms with Crippen molar-refractivity contribution >= 4 is 39.8 Å². The Labute approximate surface area is 175 Å². The second-order valence-corrected chi connectivity index (χ2v) is 6.76. The van der Waals surface area contributed by atoms with E-state index in [1.54, 1.807) is 32.0 Å². The van der Waals surface area contributed by atoms with Gasteiger partial charge in [-0.25, -0.2) is 14.2 Å². The normalized spacial score (nSPS) is 14.6. The van der Waals surface area contributed by atoms with E-state index in [4.69, 9.17) is 14.2 Å². The zero-order chi connectivity index (χ0) is 21.0. The van der Waals surface area contributed by atoms with E-state index < -0.39 is 17.8 Å². The third kappa shape index (κ3) is 4.71. The number of rotatable bonds is 6. The van der Waals surface area contributed by atoms with Crippen molar-refractivity contribution in [2.45, 2.75) is 20.3 Å². The van der Waals surface area contributed by atoms with Crippen molar-refractivity contribution < 1.29 is 28.2 Å². The van der Waals surface area contributed by atoms with E-state index in [1.807, 2.05) is 0 Å². The molecule has 8 heteroatoms. The van der Waals surface area contributed by atoms with Gasteiger partial charge < -0.3 is 14.2 Å². The summed E-state index contributed by atoms with van der Waals surface area (Å²) in [6.07, 6.45) is 1.69. The Morgan fingerprint density at radius 3 is 2.72 bits per heavy atom. The molecule has 0 spiro atoms. The number of esters is 2. The molecule has 3 rings (SSSR count). The highest BCUT2D eigenvalue weighted by Gasteiger charge is 2.26. The van der Waals surface area contributed by atoms with Gasteiger partial charge in [0.05, 0.1) is 16.6 Å². The fraction of sp³-hybridized carbons (Fsp3) is 0.190. The highest BCUT2D eigenvalue weighted by Crippen LogP contribution is 2.38. The van der Waals surface area contributed by atoms with Crippen molar-refractivity contribution in [1.29, 1.82) is 0 Å². The van der Waals surface area contributed by atoms with E-state index in [9.17, 15) is 14.0 Å². The number of nitrogens with zero attached hydrogens (tertiary/aromatic N) is 1.